The third-order valence-electron chi connectivity index (χ3n) is 13.1. The number of hydrogen-bond donors (Lipinski definition) is 1. The van der Waals surface area contributed by atoms with Crippen molar-refractivity contribution in [2.24, 2.45) is 0 Å². The Kier molecular flexibility index (Phi) is 54.4. The zero-order chi connectivity index (χ0) is 55.6. The molecule has 0 radical (unpaired) electrons. The normalized spacial score (nSPS) is 13.9. The number of ether oxygens (including phenoxy) is 2. The van der Waals surface area contributed by atoms with E-state index in [1.807, 2.05) is 21.1 Å². The van der Waals surface area contributed by atoms with Crippen LogP contribution in [0.1, 0.15) is 258 Å². The molecule has 10 heteroatoms. The second-order valence-electron chi connectivity index (χ2n) is 21.7. The lowest BCUT2D eigenvalue weighted by Gasteiger charge is -2.24. The maximum atomic E-state index is 12.8. The molecular formula is C66H117NO8P+. The second kappa shape index (κ2) is 56.6. The van der Waals surface area contributed by atoms with E-state index in [-0.39, 0.29) is 32.0 Å². The van der Waals surface area contributed by atoms with Gasteiger partial charge in [0.15, 0.2) is 6.10 Å². The van der Waals surface area contributed by atoms with E-state index in [4.69, 9.17) is 18.5 Å². The van der Waals surface area contributed by atoms with Crippen molar-refractivity contribution >= 4 is 19.8 Å². The Labute approximate surface area is 468 Å². The van der Waals surface area contributed by atoms with Crippen LogP contribution in [0, 0.1) is 0 Å². The minimum absolute atomic E-state index is 0.0287. The number of carbonyl (C=O) groups excluding carboxylic acids is 2. The Morgan fingerprint density at radius 1 is 0.421 bits per heavy atom. The SMILES string of the molecule is CC/C=C\C/C=C\C/C=C\C/C=C\C/C=C\C/C=C\C/C=C\CCCCCCCCCCCCCCCCCCCC(=O)OC(COC(=O)CCCCCCC/C=C\CCCCCC)COP(=O)(O)OCC[N+](C)(C)C. The van der Waals surface area contributed by atoms with Gasteiger partial charge in [-0.3, -0.25) is 18.6 Å². The fraction of sp³-hybridized carbons (Fsp3) is 0.727. The van der Waals surface area contributed by atoms with Gasteiger partial charge in [-0.15, -0.1) is 0 Å². The van der Waals surface area contributed by atoms with E-state index in [1.165, 1.54) is 128 Å². The van der Waals surface area contributed by atoms with Crippen LogP contribution in [0.2, 0.25) is 0 Å². The zero-order valence-corrected chi connectivity index (χ0v) is 50.6. The molecule has 0 aliphatic heterocycles. The van der Waals surface area contributed by atoms with Crippen molar-refractivity contribution in [3.8, 4) is 0 Å². The molecular weight excluding hydrogens is 966 g/mol. The molecule has 0 fully saturated rings. The zero-order valence-electron chi connectivity index (χ0n) is 49.7. The van der Waals surface area contributed by atoms with E-state index in [9.17, 15) is 19.0 Å². The summed E-state index contributed by atoms with van der Waals surface area (Å²) >= 11 is 0. The van der Waals surface area contributed by atoms with E-state index < -0.39 is 26.5 Å². The summed E-state index contributed by atoms with van der Waals surface area (Å²) in [6, 6.07) is 0. The highest BCUT2D eigenvalue weighted by atomic mass is 31.2. The molecule has 0 saturated heterocycles. The highest BCUT2D eigenvalue weighted by Crippen LogP contribution is 2.43. The molecule has 438 valence electrons. The smallest absolute Gasteiger partial charge is 0.462 e. The molecule has 0 saturated carbocycles. The quantitative estimate of drug-likeness (QED) is 0.0211. The van der Waals surface area contributed by atoms with E-state index in [2.05, 4.69) is 111 Å². The molecule has 0 aromatic rings. The molecule has 0 spiro atoms. The van der Waals surface area contributed by atoms with Gasteiger partial charge in [-0.25, -0.2) is 4.57 Å². The molecule has 2 atom stereocenters. The van der Waals surface area contributed by atoms with E-state index in [0.29, 0.717) is 17.4 Å². The number of nitrogens with zero attached hydrogens (tertiary/aromatic N) is 1. The lowest BCUT2D eigenvalue weighted by molar-refractivity contribution is -0.870. The largest absolute Gasteiger partial charge is 0.472 e. The van der Waals surface area contributed by atoms with Crippen molar-refractivity contribution in [3.63, 3.8) is 0 Å². The number of likely N-dealkylation sites (N-methyl/N-ethyl adjacent to an activating group) is 1. The summed E-state index contributed by atoms with van der Waals surface area (Å²) in [7, 11) is 1.47. The first-order valence-corrected chi connectivity index (χ1v) is 32.5. The van der Waals surface area contributed by atoms with Gasteiger partial charge in [-0.2, -0.15) is 0 Å². The van der Waals surface area contributed by atoms with Gasteiger partial charge in [0.05, 0.1) is 27.7 Å². The summed E-state index contributed by atoms with van der Waals surface area (Å²) in [5, 5.41) is 0. The van der Waals surface area contributed by atoms with Crippen LogP contribution in [0.4, 0.5) is 0 Å². The minimum atomic E-state index is -4.39. The highest BCUT2D eigenvalue weighted by molar-refractivity contribution is 7.47. The van der Waals surface area contributed by atoms with Crippen molar-refractivity contribution in [2.75, 3.05) is 47.5 Å². The van der Waals surface area contributed by atoms with Crippen LogP contribution in [0.3, 0.4) is 0 Å². The number of phosphoric ester groups is 1. The molecule has 0 aromatic carbocycles. The average Bonchev–Trinajstić information content (AvgIpc) is 3.38. The molecule has 0 bridgehead atoms. The lowest BCUT2D eigenvalue weighted by Crippen LogP contribution is -2.37. The topological polar surface area (TPSA) is 108 Å². The first kappa shape index (κ1) is 72.9. The van der Waals surface area contributed by atoms with E-state index in [1.54, 1.807) is 0 Å². The Hall–Kier alpha value is -3.07. The van der Waals surface area contributed by atoms with Crippen LogP contribution in [-0.2, 0) is 32.7 Å². The van der Waals surface area contributed by atoms with Gasteiger partial charge < -0.3 is 18.9 Å². The maximum absolute atomic E-state index is 12.8. The van der Waals surface area contributed by atoms with Gasteiger partial charge in [0.25, 0.3) is 0 Å². The van der Waals surface area contributed by atoms with E-state index in [0.717, 1.165) is 96.3 Å². The third kappa shape index (κ3) is 60.2. The summed E-state index contributed by atoms with van der Waals surface area (Å²) in [6.45, 7) is 4.30. The number of unbranched alkanes of at least 4 members (excludes halogenated alkanes) is 26. The summed E-state index contributed by atoms with van der Waals surface area (Å²) in [5.74, 6) is -0.805. The van der Waals surface area contributed by atoms with Crippen LogP contribution in [0.5, 0.6) is 0 Å². The number of quaternary nitrogens is 1. The third-order valence-corrected chi connectivity index (χ3v) is 14.1. The Morgan fingerprint density at radius 3 is 1.13 bits per heavy atom. The van der Waals surface area contributed by atoms with Crippen molar-refractivity contribution < 1.29 is 42.1 Å². The molecule has 9 nitrogen and oxygen atoms in total. The molecule has 76 heavy (non-hydrogen) atoms. The molecule has 0 aromatic heterocycles. The maximum Gasteiger partial charge on any atom is 0.472 e. The fourth-order valence-electron chi connectivity index (χ4n) is 8.34. The monoisotopic (exact) mass is 1080 g/mol. The molecule has 0 rings (SSSR count). The standard InChI is InChI=1S/C66H116NO8P/c1-6-8-10-12-14-16-18-20-21-22-23-24-25-26-27-28-29-30-31-32-33-34-35-36-37-38-39-40-41-42-43-44-45-47-49-51-53-55-57-59-66(69)75-64(63-74-76(70,71)73-61-60-67(3,4)5)62-72-65(68)58-56-54-52-50-48-46-19-17-15-13-11-9-7-2/h8,10,14,16-17,19-21,23-24,26-27,29-30,32-33,64H,6-7,9,11-13,15,18,22,25,28,31,34-63H2,1-5H3/p+1/b10-8-,16-14-,19-17-,21-20-,24-23-,27-26-,30-29-,33-32-. The van der Waals surface area contributed by atoms with Crippen LogP contribution in [-0.4, -0.2) is 74.9 Å². The Balaban J connectivity index is 3.98. The van der Waals surface area contributed by atoms with Crippen molar-refractivity contribution in [3.05, 3.63) is 97.2 Å². The minimum Gasteiger partial charge on any atom is -0.462 e. The van der Waals surface area contributed by atoms with Gasteiger partial charge >= 0.3 is 19.8 Å². The van der Waals surface area contributed by atoms with Gasteiger partial charge in [0.2, 0.25) is 0 Å². The van der Waals surface area contributed by atoms with Crippen molar-refractivity contribution in [1.29, 1.82) is 0 Å². The molecule has 1 N–H and O–H groups in total. The highest BCUT2D eigenvalue weighted by Gasteiger charge is 2.27. The average molecular weight is 1080 g/mol. The van der Waals surface area contributed by atoms with Crippen molar-refractivity contribution in [1.82, 2.24) is 0 Å². The van der Waals surface area contributed by atoms with Crippen LogP contribution < -0.4 is 0 Å². The number of phosphoric acid groups is 1. The predicted molar refractivity (Wildman–Crippen MR) is 325 cm³/mol. The summed E-state index contributed by atoms with van der Waals surface area (Å²) in [5.41, 5.74) is 0. The number of rotatable bonds is 56. The molecule has 2 unspecified atom stereocenters. The Morgan fingerprint density at radius 2 is 0.750 bits per heavy atom. The predicted octanol–water partition coefficient (Wildman–Crippen LogP) is 19.6. The summed E-state index contributed by atoms with van der Waals surface area (Å²) < 4.78 is 34.5. The first-order valence-electron chi connectivity index (χ1n) is 31.0. The molecule has 0 aliphatic rings. The molecule has 0 aliphatic carbocycles. The fourth-order valence-corrected chi connectivity index (χ4v) is 9.09. The summed E-state index contributed by atoms with van der Waals surface area (Å²) in [6.07, 6.45) is 77.9. The lowest BCUT2D eigenvalue weighted by atomic mass is 10.0. The number of allylic oxidation sites excluding steroid dienone is 16. The van der Waals surface area contributed by atoms with Crippen LogP contribution in [0.25, 0.3) is 0 Å². The van der Waals surface area contributed by atoms with Crippen LogP contribution >= 0.6 is 7.82 Å². The van der Waals surface area contributed by atoms with Crippen molar-refractivity contribution in [2.45, 2.75) is 264 Å². The Bertz CT molecular complexity index is 1600. The second-order valence-corrected chi connectivity index (χ2v) is 23.2. The van der Waals surface area contributed by atoms with Gasteiger partial charge in [-0.05, 0) is 96.3 Å². The summed E-state index contributed by atoms with van der Waals surface area (Å²) in [4.78, 5) is 35.6. The number of esters is 2. The molecule has 0 heterocycles. The number of carbonyl (C=O) groups is 2. The number of hydrogen-bond acceptors (Lipinski definition) is 7. The van der Waals surface area contributed by atoms with Gasteiger partial charge in [-0.1, -0.05) is 246 Å². The van der Waals surface area contributed by atoms with Gasteiger partial charge in [0.1, 0.15) is 19.8 Å². The van der Waals surface area contributed by atoms with Crippen LogP contribution in [0.15, 0.2) is 97.2 Å². The van der Waals surface area contributed by atoms with E-state index >= 15 is 0 Å². The first-order chi connectivity index (χ1) is 37.0. The molecule has 0 amide bonds. The van der Waals surface area contributed by atoms with Gasteiger partial charge in [0, 0.05) is 12.8 Å².